The molecular formula is C15H10BrF2N5O. The number of tetrazole rings is 1. The fraction of sp³-hybridized carbons (Fsp3) is 0.0667. The summed E-state index contributed by atoms with van der Waals surface area (Å²) < 4.78 is 28.5. The van der Waals surface area contributed by atoms with Gasteiger partial charge >= 0.3 is 0 Å². The normalized spacial score (nSPS) is 10.6. The van der Waals surface area contributed by atoms with Crippen LogP contribution in [0.4, 0.5) is 8.78 Å². The van der Waals surface area contributed by atoms with E-state index in [1.54, 1.807) is 12.1 Å². The number of hydrogen-bond acceptors (Lipinski definition) is 4. The third-order valence-electron chi connectivity index (χ3n) is 3.19. The van der Waals surface area contributed by atoms with Gasteiger partial charge in [-0.05, 0) is 52.9 Å². The van der Waals surface area contributed by atoms with Crippen molar-refractivity contribution in [1.82, 2.24) is 25.5 Å². The first kappa shape index (κ1) is 16.2. The first-order valence-corrected chi connectivity index (χ1v) is 7.60. The van der Waals surface area contributed by atoms with Crippen LogP contribution in [0.15, 0.2) is 46.9 Å². The second-order valence-electron chi connectivity index (χ2n) is 4.79. The van der Waals surface area contributed by atoms with Crippen LogP contribution in [0.25, 0.3) is 5.69 Å². The van der Waals surface area contributed by atoms with Gasteiger partial charge in [-0.2, -0.15) is 4.68 Å². The predicted molar refractivity (Wildman–Crippen MR) is 84.4 cm³/mol. The van der Waals surface area contributed by atoms with E-state index in [0.29, 0.717) is 5.82 Å². The maximum atomic E-state index is 13.2. The Hall–Kier alpha value is -2.68. The van der Waals surface area contributed by atoms with Crippen LogP contribution in [0.1, 0.15) is 16.2 Å². The van der Waals surface area contributed by atoms with E-state index in [9.17, 15) is 13.6 Å². The first-order chi connectivity index (χ1) is 11.5. The molecule has 9 heteroatoms. The smallest absolute Gasteiger partial charge is 0.251 e. The molecule has 0 saturated carbocycles. The zero-order chi connectivity index (χ0) is 17.1. The highest BCUT2D eigenvalue weighted by Gasteiger charge is 2.13. The number of hydrogen-bond donors (Lipinski definition) is 1. The van der Waals surface area contributed by atoms with Crippen molar-refractivity contribution in [2.45, 2.75) is 6.54 Å². The summed E-state index contributed by atoms with van der Waals surface area (Å²) in [6.45, 7) is 0.0287. The van der Waals surface area contributed by atoms with Crippen molar-refractivity contribution in [3.05, 3.63) is 70.0 Å². The number of carbonyl (C=O) groups excluding carboxylic acids is 1. The summed E-state index contributed by atoms with van der Waals surface area (Å²) in [6, 6.07) is 10.2. The second kappa shape index (κ2) is 6.83. The van der Waals surface area contributed by atoms with Crippen LogP contribution < -0.4 is 5.32 Å². The highest BCUT2D eigenvalue weighted by Crippen LogP contribution is 2.14. The summed E-state index contributed by atoms with van der Waals surface area (Å²) in [6.07, 6.45) is 0. The van der Waals surface area contributed by atoms with Crippen LogP contribution in [0.3, 0.4) is 0 Å². The molecule has 0 aliphatic carbocycles. The van der Waals surface area contributed by atoms with Gasteiger partial charge in [0.05, 0.1) is 12.2 Å². The maximum absolute atomic E-state index is 13.2. The van der Waals surface area contributed by atoms with E-state index in [0.717, 1.165) is 22.3 Å². The molecule has 0 aliphatic heterocycles. The van der Waals surface area contributed by atoms with Gasteiger partial charge in [-0.15, -0.1) is 5.10 Å². The fourth-order valence-corrected chi connectivity index (χ4v) is 2.26. The van der Waals surface area contributed by atoms with Crippen molar-refractivity contribution < 1.29 is 13.6 Å². The molecule has 3 aromatic rings. The van der Waals surface area contributed by atoms with Crippen molar-refractivity contribution in [2.75, 3.05) is 0 Å². The fourth-order valence-electron chi connectivity index (χ4n) is 2.00. The number of aromatic nitrogens is 4. The lowest BCUT2D eigenvalue weighted by Gasteiger charge is -2.07. The Morgan fingerprint density at radius 1 is 1.12 bits per heavy atom. The standard InChI is InChI=1S/C15H10BrF2N5O/c16-10-2-4-11(5-3-10)23-14(20-21-22-23)8-19-15(24)9-1-6-12(17)13(18)7-9/h1-7H,8H2,(H,19,24). The molecule has 1 aromatic heterocycles. The Labute approximate surface area is 143 Å². The summed E-state index contributed by atoms with van der Waals surface area (Å²) in [5.74, 6) is -2.25. The number of nitrogens with zero attached hydrogens (tertiary/aromatic N) is 4. The van der Waals surface area contributed by atoms with Gasteiger partial charge < -0.3 is 5.32 Å². The monoisotopic (exact) mass is 393 g/mol. The second-order valence-corrected chi connectivity index (χ2v) is 5.71. The van der Waals surface area contributed by atoms with Gasteiger partial charge in [-0.25, -0.2) is 8.78 Å². The van der Waals surface area contributed by atoms with E-state index in [1.807, 2.05) is 12.1 Å². The molecule has 2 aromatic carbocycles. The first-order valence-electron chi connectivity index (χ1n) is 6.81. The van der Waals surface area contributed by atoms with Crippen LogP contribution >= 0.6 is 15.9 Å². The van der Waals surface area contributed by atoms with Gasteiger partial charge in [-0.1, -0.05) is 15.9 Å². The van der Waals surface area contributed by atoms with Crippen molar-refractivity contribution in [3.63, 3.8) is 0 Å². The van der Waals surface area contributed by atoms with Crippen LogP contribution in [0, 0.1) is 11.6 Å². The summed E-state index contributed by atoms with van der Waals surface area (Å²) in [4.78, 5) is 12.0. The Bertz CT molecular complexity index is 882. The summed E-state index contributed by atoms with van der Waals surface area (Å²) in [5.41, 5.74) is 0.733. The van der Waals surface area contributed by atoms with E-state index in [1.165, 1.54) is 10.7 Å². The minimum atomic E-state index is -1.08. The SMILES string of the molecule is O=C(NCc1nnnn1-c1ccc(Br)cc1)c1ccc(F)c(F)c1. The third kappa shape index (κ3) is 3.46. The van der Waals surface area contributed by atoms with Crippen molar-refractivity contribution in [3.8, 4) is 5.69 Å². The molecule has 1 amide bonds. The van der Waals surface area contributed by atoms with Crippen LogP contribution in [0.5, 0.6) is 0 Å². The molecule has 1 heterocycles. The lowest BCUT2D eigenvalue weighted by atomic mass is 10.2. The molecule has 24 heavy (non-hydrogen) atoms. The van der Waals surface area contributed by atoms with Gasteiger partial charge in [0.15, 0.2) is 17.5 Å². The van der Waals surface area contributed by atoms with E-state index >= 15 is 0 Å². The Morgan fingerprint density at radius 3 is 2.58 bits per heavy atom. The minimum Gasteiger partial charge on any atom is -0.345 e. The predicted octanol–water partition coefficient (Wildman–Crippen LogP) is 2.63. The average molecular weight is 394 g/mol. The molecule has 0 unspecified atom stereocenters. The van der Waals surface area contributed by atoms with Crippen LogP contribution in [0.2, 0.25) is 0 Å². The molecule has 0 saturated heterocycles. The number of amides is 1. The molecule has 122 valence electrons. The molecule has 1 N–H and O–H groups in total. The zero-order valence-corrected chi connectivity index (χ0v) is 13.7. The minimum absolute atomic E-state index is 0.0107. The van der Waals surface area contributed by atoms with E-state index in [2.05, 4.69) is 36.8 Å². The number of benzene rings is 2. The van der Waals surface area contributed by atoms with Crippen molar-refractivity contribution >= 4 is 21.8 Å². The number of carbonyl (C=O) groups is 1. The molecule has 6 nitrogen and oxygen atoms in total. The highest BCUT2D eigenvalue weighted by atomic mass is 79.9. The maximum Gasteiger partial charge on any atom is 0.251 e. The largest absolute Gasteiger partial charge is 0.345 e. The molecular weight excluding hydrogens is 384 g/mol. The molecule has 0 bridgehead atoms. The summed E-state index contributed by atoms with van der Waals surface area (Å²) in [7, 11) is 0. The van der Waals surface area contributed by atoms with Gasteiger partial charge in [0, 0.05) is 10.0 Å². The number of rotatable bonds is 4. The van der Waals surface area contributed by atoms with Gasteiger partial charge in [0.1, 0.15) is 0 Å². The number of nitrogens with one attached hydrogen (secondary N) is 1. The van der Waals surface area contributed by atoms with Crippen molar-refractivity contribution in [2.24, 2.45) is 0 Å². The van der Waals surface area contributed by atoms with E-state index in [4.69, 9.17) is 0 Å². The Morgan fingerprint density at radius 2 is 1.88 bits per heavy atom. The van der Waals surface area contributed by atoms with E-state index < -0.39 is 17.5 Å². The molecule has 0 radical (unpaired) electrons. The lowest BCUT2D eigenvalue weighted by Crippen LogP contribution is -2.25. The van der Waals surface area contributed by atoms with Gasteiger partial charge in [0.2, 0.25) is 0 Å². The molecule has 3 rings (SSSR count). The zero-order valence-electron chi connectivity index (χ0n) is 12.1. The summed E-state index contributed by atoms with van der Waals surface area (Å²) in [5, 5.41) is 13.9. The Balaban J connectivity index is 1.73. The average Bonchev–Trinajstić information content (AvgIpc) is 3.04. The molecule has 0 aliphatic rings. The number of halogens is 3. The molecule has 0 fully saturated rings. The van der Waals surface area contributed by atoms with Gasteiger partial charge in [0.25, 0.3) is 5.91 Å². The highest BCUT2D eigenvalue weighted by molar-refractivity contribution is 9.10. The molecule has 0 atom stereocenters. The molecule has 0 spiro atoms. The quantitative estimate of drug-likeness (QED) is 0.739. The van der Waals surface area contributed by atoms with Crippen LogP contribution in [-0.4, -0.2) is 26.1 Å². The lowest BCUT2D eigenvalue weighted by molar-refractivity contribution is 0.0949. The third-order valence-corrected chi connectivity index (χ3v) is 3.72. The van der Waals surface area contributed by atoms with Gasteiger partial charge in [-0.3, -0.25) is 4.79 Å². The Kier molecular flexibility index (Phi) is 4.61. The van der Waals surface area contributed by atoms with E-state index in [-0.39, 0.29) is 12.1 Å². The topological polar surface area (TPSA) is 72.7 Å². The summed E-state index contributed by atoms with van der Waals surface area (Å²) >= 11 is 3.34. The van der Waals surface area contributed by atoms with Crippen LogP contribution in [-0.2, 0) is 6.54 Å². The van der Waals surface area contributed by atoms with Crippen molar-refractivity contribution in [1.29, 1.82) is 0 Å².